The normalized spacial score (nSPS) is 16.8. The van der Waals surface area contributed by atoms with Crippen LogP contribution in [0.2, 0.25) is 0 Å². The number of aromatic carboxylic acids is 1. The molecule has 1 N–H and O–H groups in total. The van der Waals surface area contributed by atoms with Gasteiger partial charge in [0.05, 0.1) is 11.5 Å². The second kappa shape index (κ2) is 6.83. The number of nitrogens with one attached hydrogen (secondary N) is 1. The first kappa shape index (κ1) is 18.6. The zero-order valence-corrected chi connectivity index (χ0v) is 15.8. The van der Waals surface area contributed by atoms with Crippen LogP contribution < -0.4 is 10.4 Å². The molecule has 1 atom stereocenters. The molecule has 0 spiro atoms. The van der Waals surface area contributed by atoms with Crippen LogP contribution in [-0.2, 0) is 12.8 Å². The van der Waals surface area contributed by atoms with E-state index in [9.17, 15) is 19.1 Å². The van der Waals surface area contributed by atoms with E-state index in [2.05, 4.69) is 26.1 Å². The van der Waals surface area contributed by atoms with Crippen LogP contribution in [0.15, 0.2) is 24.3 Å². The number of thiophene rings is 1. The van der Waals surface area contributed by atoms with Gasteiger partial charge in [0.1, 0.15) is 10.8 Å². The third kappa shape index (κ3) is 3.51. The van der Waals surface area contributed by atoms with E-state index in [1.165, 1.54) is 29.5 Å². The van der Waals surface area contributed by atoms with Crippen molar-refractivity contribution in [3.8, 4) is 0 Å². The predicted octanol–water partition coefficient (Wildman–Crippen LogP) is 3.65. The van der Waals surface area contributed by atoms with Crippen LogP contribution >= 0.6 is 11.3 Å². The number of fused-ring (bicyclic) bond motifs is 1. The minimum absolute atomic E-state index is 0.0436. The Bertz CT molecular complexity index is 866. The molecule has 0 aliphatic heterocycles. The van der Waals surface area contributed by atoms with Crippen molar-refractivity contribution in [2.24, 2.45) is 11.3 Å². The number of anilines is 1. The predicted molar refractivity (Wildman–Crippen MR) is 98.0 cm³/mol. The van der Waals surface area contributed by atoms with Gasteiger partial charge in [-0.15, -0.1) is 11.3 Å². The van der Waals surface area contributed by atoms with Crippen molar-refractivity contribution in [3.05, 3.63) is 51.7 Å². The monoisotopic (exact) mass is 374 g/mol. The molecular formula is C20H21FNO3S-. The molecule has 1 heterocycles. The molecule has 0 unspecified atom stereocenters. The Morgan fingerprint density at radius 1 is 1.27 bits per heavy atom. The molecule has 1 aromatic carbocycles. The zero-order chi connectivity index (χ0) is 19.1. The second-order valence-electron chi connectivity index (χ2n) is 7.74. The SMILES string of the molecule is CC(C)(C)[C@@H]1CCc2c(sc(NC(=O)c3ccccc3F)c2C(=O)[O-])C1. The third-order valence-corrected chi connectivity index (χ3v) is 6.21. The molecule has 0 bridgehead atoms. The molecule has 1 aliphatic rings. The number of halogens is 1. The fourth-order valence-electron chi connectivity index (χ4n) is 3.44. The Morgan fingerprint density at radius 2 is 1.96 bits per heavy atom. The van der Waals surface area contributed by atoms with Gasteiger partial charge in [0.2, 0.25) is 0 Å². The number of carboxylic acids is 1. The Hall–Kier alpha value is -2.21. The first-order chi connectivity index (χ1) is 12.2. The molecular weight excluding hydrogens is 353 g/mol. The van der Waals surface area contributed by atoms with E-state index in [4.69, 9.17) is 0 Å². The maximum absolute atomic E-state index is 13.8. The highest BCUT2D eigenvalue weighted by atomic mass is 32.1. The van der Waals surface area contributed by atoms with Crippen molar-refractivity contribution in [3.63, 3.8) is 0 Å². The summed E-state index contributed by atoms with van der Waals surface area (Å²) >= 11 is 1.26. The van der Waals surface area contributed by atoms with Gasteiger partial charge in [-0.25, -0.2) is 4.39 Å². The van der Waals surface area contributed by atoms with Crippen molar-refractivity contribution in [1.29, 1.82) is 0 Å². The lowest BCUT2D eigenvalue weighted by atomic mass is 9.72. The van der Waals surface area contributed by atoms with Gasteiger partial charge in [-0.1, -0.05) is 32.9 Å². The van der Waals surface area contributed by atoms with Crippen LogP contribution in [-0.4, -0.2) is 11.9 Å². The fourth-order valence-corrected chi connectivity index (χ4v) is 4.76. The molecule has 0 fully saturated rings. The van der Waals surface area contributed by atoms with Crippen LogP contribution in [0.4, 0.5) is 9.39 Å². The van der Waals surface area contributed by atoms with E-state index in [0.29, 0.717) is 12.3 Å². The van der Waals surface area contributed by atoms with Crippen molar-refractivity contribution in [2.45, 2.75) is 40.0 Å². The Balaban J connectivity index is 1.94. The zero-order valence-electron chi connectivity index (χ0n) is 15.0. The maximum atomic E-state index is 13.8. The number of carboxylic acid groups (broad SMARTS) is 1. The molecule has 1 aromatic heterocycles. The summed E-state index contributed by atoms with van der Waals surface area (Å²) in [6.45, 7) is 6.53. The standard InChI is InChI=1S/C20H22FNO3S/c1-20(2,3)11-8-9-13-15(10-11)26-18(16(13)19(24)25)22-17(23)12-6-4-5-7-14(12)21/h4-7,11H,8-10H2,1-3H3,(H,22,23)(H,24,25)/p-1/t11-/m1/s1. The highest BCUT2D eigenvalue weighted by Crippen LogP contribution is 2.44. The average Bonchev–Trinajstić information content (AvgIpc) is 2.91. The van der Waals surface area contributed by atoms with E-state index in [-0.39, 0.29) is 21.5 Å². The van der Waals surface area contributed by atoms with Gasteiger partial charge in [-0.05, 0) is 48.3 Å². The van der Waals surface area contributed by atoms with Crippen molar-refractivity contribution >= 4 is 28.2 Å². The van der Waals surface area contributed by atoms with E-state index in [1.807, 2.05) is 0 Å². The summed E-state index contributed by atoms with van der Waals surface area (Å²) in [5.74, 6) is -2.16. The highest BCUT2D eigenvalue weighted by molar-refractivity contribution is 7.17. The highest BCUT2D eigenvalue weighted by Gasteiger charge is 2.32. The lowest BCUT2D eigenvalue weighted by Gasteiger charge is -2.34. The summed E-state index contributed by atoms with van der Waals surface area (Å²) in [6.07, 6.45) is 2.32. The van der Waals surface area contributed by atoms with E-state index in [1.54, 1.807) is 6.07 Å². The van der Waals surface area contributed by atoms with E-state index in [0.717, 1.165) is 23.3 Å². The average molecular weight is 374 g/mol. The smallest absolute Gasteiger partial charge is 0.259 e. The Morgan fingerprint density at radius 3 is 2.58 bits per heavy atom. The van der Waals surface area contributed by atoms with Crippen molar-refractivity contribution < 1.29 is 19.1 Å². The molecule has 6 heteroatoms. The number of carbonyl (C=O) groups is 2. The fraction of sp³-hybridized carbons (Fsp3) is 0.400. The number of hydrogen-bond acceptors (Lipinski definition) is 4. The summed E-state index contributed by atoms with van der Waals surface area (Å²) < 4.78 is 13.8. The molecule has 0 saturated carbocycles. The van der Waals surface area contributed by atoms with Gasteiger partial charge in [0, 0.05) is 10.4 Å². The number of rotatable bonds is 3. The quantitative estimate of drug-likeness (QED) is 0.891. The van der Waals surface area contributed by atoms with E-state index >= 15 is 0 Å². The van der Waals surface area contributed by atoms with Gasteiger partial charge >= 0.3 is 0 Å². The number of amides is 1. The molecule has 0 saturated heterocycles. The van der Waals surface area contributed by atoms with Gasteiger partial charge in [-0.3, -0.25) is 4.79 Å². The van der Waals surface area contributed by atoms with Crippen LogP contribution in [0, 0.1) is 17.2 Å². The summed E-state index contributed by atoms with van der Waals surface area (Å²) in [4.78, 5) is 25.0. The van der Waals surface area contributed by atoms with Crippen LogP contribution in [0.1, 0.15) is 58.3 Å². The van der Waals surface area contributed by atoms with Gasteiger partial charge in [0.25, 0.3) is 5.91 Å². The van der Waals surface area contributed by atoms with Crippen molar-refractivity contribution in [2.75, 3.05) is 5.32 Å². The van der Waals surface area contributed by atoms with Crippen LogP contribution in [0.25, 0.3) is 0 Å². The van der Waals surface area contributed by atoms with E-state index < -0.39 is 17.7 Å². The molecule has 3 rings (SSSR count). The number of benzene rings is 1. The number of hydrogen-bond donors (Lipinski definition) is 1. The third-order valence-electron chi connectivity index (χ3n) is 5.04. The topological polar surface area (TPSA) is 69.2 Å². The minimum atomic E-state index is -1.31. The van der Waals surface area contributed by atoms with Gasteiger partial charge < -0.3 is 15.2 Å². The Kier molecular flexibility index (Phi) is 4.88. The first-order valence-corrected chi connectivity index (χ1v) is 9.42. The van der Waals surface area contributed by atoms with Crippen LogP contribution in [0.5, 0.6) is 0 Å². The van der Waals surface area contributed by atoms with Gasteiger partial charge in [0.15, 0.2) is 0 Å². The first-order valence-electron chi connectivity index (χ1n) is 8.60. The molecule has 2 aromatic rings. The molecule has 1 amide bonds. The second-order valence-corrected chi connectivity index (χ2v) is 8.84. The lowest BCUT2D eigenvalue weighted by Crippen LogP contribution is -2.29. The largest absolute Gasteiger partial charge is 0.545 e. The molecule has 138 valence electrons. The molecule has 1 aliphatic carbocycles. The van der Waals surface area contributed by atoms with Crippen LogP contribution in [0.3, 0.4) is 0 Å². The minimum Gasteiger partial charge on any atom is -0.545 e. The summed E-state index contributed by atoms with van der Waals surface area (Å²) in [5, 5.41) is 14.5. The van der Waals surface area contributed by atoms with Gasteiger partial charge in [-0.2, -0.15) is 0 Å². The summed E-state index contributed by atoms with van der Waals surface area (Å²) in [5.41, 5.74) is 0.803. The van der Waals surface area contributed by atoms with Crippen molar-refractivity contribution in [1.82, 2.24) is 0 Å². The molecule has 0 radical (unpaired) electrons. The summed E-state index contributed by atoms with van der Waals surface area (Å²) in [6, 6.07) is 5.62. The summed E-state index contributed by atoms with van der Waals surface area (Å²) in [7, 11) is 0. The lowest BCUT2D eigenvalue weighted by molar-refractivity contribution is -0.255. The molecule has 26 heavy (non-hydrogen) atoms. The molecule has 4 nitrogen and oxygen atoms in total. The Labute approximate surface area is 156 Å². The number of carbonyl (C=O) groups excluding carboxylic acids is 2. The maximum Gasteiger partial charge on any atom is 0.259 e.